The highest BCUT2D eigenvalue weighted by Gasteiger charge is 2.57. The molecule has 0 fully saturated rings. The maximum Gasteiger partial charge on any atom is 0.124 e. The summed E-state index contributed by atoms with van der Waals surface area (Å²) in [5.41, 5.74) is -3.13. The molecule has 0 aliphatic rings. The van der Waals surface area contributed by atoms with Crippen molar-refractivity contribution in [3.8, 4) is 0 Å². The molecule has 0 radical (unpaired) electrons. The number of ether oxygens (including phenoxy) is 2. The summed E-state index contributed by atoms with van der Waals surface area (Å²) in [6, 6.07) is 0. The van der Waals surface area contributed by atoms with Crippen LogP contribution in [0.1, 0.15) is 34.6 Å². The van der Waals surface area contributed by atoms with Gasteiger partial charge >= 0.3 is 0 Å². The summed E-state index contributed by atoms with van der Waals surface area (Å²) in [7, 11) is 2.99. The third kappa shape index (κ3) is 2.18. The number of aliphatic hydroxyl groups excluding tert-OH is 1. The Morgan fingerprint density at radius 3 is 1.47 bits per heavy atom. The monoisotopic (exact) mass is 220 g/mol. The quantitative estimate of drug-likeness (QED) is 0.724. The Hall–Kier alpha value is -0.160. The van der Waals surface area contributed by atoms with Crippen LogP contribution < -0.4 is 0 Å². The first kappa shape index (κ1) is 14.8. The molecule has 15 heavy (non-hydrogen) atoms. The van der Waals surface area contributed by atoms with E-state index in [9.17, 15) is 10.2 Å². The topological polar surface area (TPSA) is 58.9 Å². The van der Waals surface area contributed by atoms with Crippen molar-refractivity contribution in [2.75, 3.05) is 14.2 Å². The van der Waals surface area contributed by atoms with Gasteiger partial charge in [-0.15, -0.1) is 0 Å². The molecule has 2 N–H and O–H groups in total. The second kappa shape index (κ2) is 4.37. The van der Waals surface area contributed by atoms with Gasteiger partial charge in [0.2, 0.25) is 0 Å². The third-order valence-electron chi connectivity index (χ3n) is 3.74. The van der Waals surface area contributed by atoms with E-state index in [0.29, 0.717) is 0 Å². The highest BCUT2D eigenvalue weighted by molar-refractivity contribution is 5.08. The summed E-state index contributed by atoms with van der Waals surface area (Å²) in [5.74, 6) is 0. The summed E-state index contributed by atoms with van der Waals surface area (Å²) in [5, 5.41) is 19.9. The molecule has 0 heterocycles. The molecule has 0 amide bonds. The SMILES string of the molecule is COC(C)(C(C)(C)O)[C@](C)(OC)[C@@H](C)O. The fraction of sp³-hybridized carbons (Fsp3) is 1.00. The molecule has 0 aromatic carbocycles. The lowest BCUT2D eigenvalue weighted by molar-refractivity contribution is -0.267. The normalized spacial score (nSPS) is 23.0. The first-order valence-electron chi connectivity index (χ1n) is 5.07. The molecule has 0 aromatic heterocycles. The average Bonchev–Trinajstić information content (AvgIpc) is 2.12. The first-order chi connectivity index (χ1) is 6.56. The highest BCUT2D eigenvalue weighted by Crippen LogP contribution is 2.40. The van der Waals surface area contributed by atoms with Crippen molar-refractivity contribution in [2.45, 2.75) is 57.5 Å². The van der Waals surface area contributed by atoms with Crippen molar-refractivity contribution in [1.29, 1.82) is 0 Å². The lowest BCUT2D eigenvalue weighted by Crippen LogP contribution is -2.68. The third-order valence-corrected chi connectivity index (χ3v) is 3.74. The molecule has 4 heteroatoms. The standard InChI is InChI=1S/C11H24O4/c1-8(12)10(4,14-6)11(5,15-7)9(2,3)13/h8,12-13H,1-7H3/t8-,10-,11?/m1/s1. The molecule has 0 saturated carbocycles. The van der Waals surface area contributed by atoms with E-state index < -0.39 is 22.9 Å². The molecule has 3 atom stereocenters. The summed E-state index contributed by atoms with van der Waals surface area (Å²) < 4.78 is 10.7. The number of aliphatic hydroxyl groups is 2. The van der Waals surface area contributed by atoms with Gasteiger partial charge in [0.15, 0.2) is 0 Å². The molecule has 0 rings (SSSR count). The lowest BCUT2D eigenvalue weighted by Gasteiger charge is -2.52. The minimum absolute atomic E-state index is 0.765. The van der Waals surface area contributed by atoms with Crippen molar-refractivity contribution in [3.05, 3.63) is 0 Å². The fourth-order valence-electron chi connectivity index (χ4n) is 1.82. The van der Waals surface area contributed by atoms with Gasteiger partial charge in [0, 0.05) is 14.2 Å². The zero-order valence-corrected chi connectivity index (χ0v) is 10.8. The van der Waals surface area contributed by atoms with Crippen LogP contribution in [-0.2, 0) is 9.47 Å². The summed E-state index contributed by atoms with van der Waals surface area (Å²) in [6.07, 6.45) is -0.765. The van der Waals surface area contributed by atoms with Crippen LogP contribution in [0, 0.1) is 0 Å². The predicted octanol–water partition coefficient (Wildman–Crippen LogP) is 0.948. The van der Waals surface area contributed by atoms with Crippen LogP contribution in [-0.4, -0.2) is 47.3 Å². The van der Waals surface area contributed by atoms with E-state index in [-0.39, 0.29) is 0 Å². The second-order valence-corrected chi connectivity index (χ2v) is 4.78. The Balaban J connectivity index is 5.44. The van der Waals surface area contributed by atoms with E-state index in [1.165, 1.54) is 14.2 Å². The molecule has 0 aliphatic carbocycles. The summed E-state index contributed by atoms with van der Waals surface area (Å²) >= 11 is 0. The van der Waals surface area contributed by atoms with Crippen LogP contribution in [0.5, 0.6) is 0 Å². The molecule has 0 saturated heterocycles. The fourth-order valence-corrected chi connectivity index (χ4v) is 1.82. The predicted molar refractivity (Wildman–Crippen MR) is 58.8 cm³/mol. The molecular weight excluding hydrogens is 196 g/mol. The van der Waals surface area contributed by atoms with Gasteiger partial charge in [-0.05, 0) is 34.6 Å². The van der Waals surface area contributed by atoms with E-state index in [2.05, 4.69) is 0 Å². The van der Waals surface area contributed by atoms with E-state index in [1.54, 1.807) is 34.6 Å². The lowest BCUT2D eigenvalue weighted by atomic mass is 9.71. The number of hydrogen-bond acceptors (Lipinski definition) is 4. The van der Waals surface area contributed by atoms with Gasteiger partial charge in [-0.25, -0.2) is 0 Å². The Kier molecular flexibility index (Phi) is 4.33. The van der Waals surface area contributed by atoms with Crippen molar-refractivity contribution < 1.29 is 19.7 Å². The van der Waals surface area contributed by atoms with Crippen LogP contribution in [0.25, 0.3) is 0 Å². The smallest absolute Gasteiger partial charge is 0.124 e. The molecule has 0 aliphatic heterocycles. The van der Waals surface area contributed by atoms with Crippen LogP contribution in [0.15, 0.2) is 0 Å². The van der Waals surface area contributed by atoms with Gasteiger partial charge in [0.05, 0.1) is 11.7 Å². The van der Waals surface area contributed by atoms with Crippen LogP contribution in [0.2, 0.25) is 0 Å². The Bertz CT molecular complexity index is 209. The highest BCUT2D eigenvalue weighted by atomic mass is 16.6. The van der Waals surface area contributed by atoms with Gasteiger partial charge < -0.3 is 19.7 Å². The van der Waals surface area contributed by atoms with Crippen LogP contribution in [0.4, 0.5) is 0 Å². The molecular formula is C11H24O4. The van der Waals surface area contributed by atoms with E-state index in [0.717, 1.165) is 0 Å². The molecule has 0 bridgehead atoms. The molecule has 0 aromatic rings. The van der Waals surface area contributed by atoms with E-state index in [4.69, 9.17) is 9.47 Å². The average molecular weight is 220 g/mol. The van der Waals surface area contributed by atoms with Gasteiger partial charge in [-0.1, -0.05) is 0 Å². The zero-order chi connectivity index (χ0) is 12.5. The van der Waals surface area contributed by atoms with Gasteiger partial charge in [-0.3, -0.25) is 0 Å². The molecule has 0 spiro atoms. The minimum atomic E-state index is -1.14. The van der Waals surface area contributed by atoms with Gasteiger partial charge in [-0.2, -0.15) is 0 Å². The largest absolute Gasteiger partial charge is 0.390 e. The van der Waals surface area contributed by atoms with Crippen molar-refractivity contribution in [1.82, 2.24) is 0 Å². The van der Waals surface area contributed by atoms with Crippen molar-refractivity contribution in [2.24, 2.45) is 0 Å². The molecule has 92 valence electrons. The zero-order valence-electron chi connectivity index (χ0n) is 10.8. The number of rotatable bonds is 5. The maximum absolute atomic E-state index is 10.1. The maximum atomic E-state index is 10.1. The molecule has 4 nitrogen and oxygen atoms in total. The van der Waals surface area contributed by atoms with Gasteiger partial charge in [0.1, 0.15) is 11.2 Å². The summed E-state index contributed by atoms with van der Waals surface area (Å²) in [4.78, 5) is 0. The van der Waals surface area contributed by atoms with Crippen molar-refractivity contribution >= 4 is 0 Å². The number of methoxy groups -OCH3 is 2. The van der Waals surface area contributed by atoms with E-state index in [1.807, 2.05) is 0 Å². The molecule has 1 unspecified atom stereocenters. The Morgan fingerprint density at radius 1 is 1.00 bits per heavy atom. The first-order valence-corrected chi connectivity index (χ1v) is 5.07. The van der Waals surface area contributed by atoms with Gasteiger partial charge in [0.25, 0.3) is 0 Å². The second-order valence-electron chi connectivity index (χ2n) is 4.78. The van der Waals surface area contributed by atoms with E-state index >= 15 is 0 Å². The van der Waals surface area contributed by atoms with Crippen LogP contribution >= 0.6 is 0 Å². The minimum Gasteiger partial charge on any atom is -0.390 e. The Labute approximate surface area is 92.2 Å². The van der Waals surface area contributed by atoms with Crippen molar-refractivity contribution in [3.63, 3.8) is 0 Å². The van der Waals surface area contributed by atoms with Crippen LogP contribution in [0.3, 0.4) is 0 Å². The number of hydrogen-bond donors (Lipinski definition) is 2. The summed E-state index contributed by atoms with van der Waals surface area (Å²) in [6.45, 7) is 8.33. The Morgan fingerprint density at radius 2 is 1.40 bits per heavy atom.